The molecule has 15 heavy (non-hydrogen) atoms. The molecule has 1 aliphatic heterocycles. The number of likely N-dealkylation sites (tertiary alicyclic amines) is 1. The molecule has 2 atom stereocenters. The molecule has 1 heterocycles. The zero-order valence-electron chi connectivity index (χ0n) is 8.95. The fraction of sp³-hybridized carbons (Fsp3) is 0.818. The van der Waals surface area contributed by atoms with E-state index in [-0.39, 0.29) is 12.3 Å². The predicted molar refractivity (Wildman–Crippen MR) is 63.5 cm³/mol. The second-order valence-corrected chi connectivity index (χ2v) is 5.16. The van der Waals surface area contributed by atoms with Gasteiger partial charge < -0.3 is 10.6 Å². The van der Waals surface area contributed by atoms with Gasteiger partial charge in [-0.15, -0.1) is 0 Å². The topological polar surface area (TPSA) is 46.3 Å². The summed E-state index contributed by atoms with van der Waals surface area (Å²) in [5, 5.41) is 0. The van der Waals surface area contributed by atoms with Crippen LogP contribution in [-0.4, -0.2) is 28.4 Å². The normalized spacial score (nSPS) is 30.0. The number of hydrogen-bond acceptors (Lipinski definition) is 2. The standard InChI is InChI=1S/C11H18N2OS/c12-10(15)7-11(14)13-6-2-4-8-3-1-5-9(8)13/h8-9H,1-7H2,(H2,12,15). The molecule has 0 aromatic carbocycles. The van der Waals surface area contributed by atoms with Crippen LogP contribution in [0.15, 0.2) is 0 Å². The lowest BCUT2D eigenvalue weighted by Gasteiger charge is -2.37. The van der Waals surface area contributed by atoms with Crippen molar-refractivity contribution in [3.63, 3.8) is 0 Å². The minimum Gasteiger partial charge on any atom is -0.393 e. The third-order valence-electron chi connectivity index (χ3n) is 3.64. The number of hydrogen-bond donors (Lipinski definition) is 1. The summed E-state index contributed by atoms with van der Waals surface area (Å²) in [5.74, 6) is 0.883. The summed E-state index contributed by atoms with van der Waals surface area (Å²) in [6.45, 7) is 0.905. The molecule has 84 valence electrons. The van der Waals surface area contributed by atoms with Crippen LogP contribution < -0.4 is 5.73 Å². The molecule has 1 amide bonds. The van der Waals surface area contributed by atoms with Crippen LogP contribution >= 0.6 is 12.2 Å². The maximum absolute atomic E-state index is 11.9. The molecule has 3 nitrogen and oxygen atoms in total. The quantitative estimate of drug-likeness (QED) is 0.725. The van der Waals surface area contributed by atoms with Crippen LogP contribution in [0, 0.1) is 5.92 Å². The van der Waals surface area contributed by atoms with E-state index in [0.29, 0.717) is 11.0 Å². The molecule has 0 aromatic rings. The molecule has 2 fully saturated rings. The third-order valence-corrected chi connectivity index (χ3v) is 3.78. The van der Waals surface area contributed by atoms with Gasteiger partial charge in [-0.3, -0.25) is 4.79 Å². The van der Waals surface area contributed by atoms with Crippen molar-refractivity contribution in [2.24, 2.45) is 11.7 Å². The van der Waals surface area contributed by atoms with Crippen LogP contribution in [0.3, 0.4) is 0 Å². The molecule has 2 aliphatic rings. The van der Waals surface area contributed by atoms with Gasteiger partial charge in [-0.05, 0) is 31.6 Å². The van der Waals surface area contributed by atoms with Gasteiger partial charge in [-0.1, -0.05) is 18.6 Å². The highest BCUT2D eigenvalue weighted by Crippen LogP contribution is 2.36. The largest absolute Gasteiger partial charge is 0.393 e. The summed E-state index contributed by atoms with van der Waals surface area (Å²) in [6, 6.07) is 0.487. The van der Waals surface area contributed by atoms with E-state index in [0.717, 1.165) is 18.9 Å². The van der Waals surface area contributed by atoms with Gasteiger partial charge in [-0.2, -0.15) is 0 Å². The molecule has 2 rings (SSSR count). The average molecular weight is 226 g/mol. The van der Waals surface area contributed by atoms with Gasteiger partial charge in [0.1, 0.15) is 0 Å². The van der Waals surface area contributed by atoms with Crippen molar-refractivity contribution in [2.75, 3.05) is 6.54 Å². The maximum atomic E-state index is 11.9. The molecule has 1 saturated carbocycles. The highest BCUT2D eigenvalue weighted by atomic mass is 32.1. The lowest BCUT2D eigenvalue weighted by atomic mass is 9.92. The number of carbonyl (C=O) groups excluding carboxylic acids is 1. The number of nitrogens with two attached hydrogens (primary N) is 1. The van der Waals surface area contributed by atoms with Crippen molar-refractivity contribution >= 4 is 23.1 Å². The Hall–Kier alpha value is -0.640. The van der Waals surface area contributed by atoms with E-state index in [9.17, 15) is 4.79 Å². The van der Waals surface area contributed by atoms with E-state index in [1.54, 1.807) is 0 Å². The first-order valence-corrected chi connectivity index (χ1v) is 6.17. The molecule has 0 radical (unpaired) electrons. The summed E-state index contributed by atoms with van der Waals surface area (Å²) in [5.41, 5.74) is 5.42. The first kappa shape index (κ1) is 10.9. The van der Waals surface area contributed by atoms with E-state index < -0.39 is 0 Å². The summed E-state index contributed by atoms with van der Waals surface area (Å²) in [7, 11) is 0. The lowest BCUT2D eigenvalue weighted by molar-refractivity contribution is -0.134. The van der Waals surface area contributed by atoms with Crippen LogP contribution in [0.25, 0.3) is 0 Å². The van der Waals surface area contributed by atoms with E-state index >= 15 is 0 Å². The number of thiocarbonyl (C=S) groups is 1. The van der Waals surface area contributed by atoms with Gasteiger partial charge >= 0.3 is 0 Å². The molecule has 0 aromatic heterocycles. The molecule has 1 saturated heterocycles. The van der Waals surface area contributed by atoms with Crippen molar-refractivity contribution in [2.45, 2.75) is 44.6 Å². The maximum Gasteiger partial charge on any atom is 0.229 e. The Bertz CT molecular complexity index is 280. The first-order chi connectivity index (χ1) is 7.18. The van der Waals surface area contributed by atoms with Crippen molar-refractivity contribution < 1.29 is 4.79 Å². The highest BCUT2D eigenvalue weighted by Gasteiger charge is 2.36. The summed E-state index contributed by atoms with van der Waals surface area (Å²) in [6.07, 6.45) is 6.42. The van der Waals surface area contributed by atoms with E-state index in [1.165, 1.54) is 25.7 Å². The minimum atomic E-state index is 0.138. The second-order valence-electron chi connectivity index (χ2n) is 4.63. The molecular formula is C11H18N2OS. The molecule has 4 heteroatoms. The number of nitrogens with zero attached hydrogens (tertiary/aromatic N) is 1. The second kappa shape index (κ2) is 4.47. The van der Waals surface area contributed by atoms with Gasteiger partial charge in [0.05, 0.1) is 11.4 Å². The smallest absolute Gasteiger partial charge is 0.229 e. The zero-order chi connectivity index (χ0) is 10.8. The van der Waals surface area contributed by atoms with Crippen LogP contribution in [0.5, 0.6) is 0 Å². The number of carbonyl (C=O) groups is 1. The molecule has 0 spiro atoms. The van der Waals surface area contributed by atoms with Crippen LogP contribution in [0.1, 0.15) is 38.5 Å². The summed E-state index contributed by atoms with van der Waals surface area (Å²) in [4.78, 5) is 14.3. The van der Waals surface area contributed by atoms with Gasteiger partial charge in [0, 0.05) is 12.6 Å². The molecule has 1 aliphatic carbocycles. The number of piperidine rings is 1. The zero-order valence-corrected chi connectivity index (χ0v) is 9.76. The van der Waals surface area contributed by atoms with E-state index in [4.69, 9.17) is 18.0 Å². The Morgan fingerprint density at radius 2 is 2.07 bits per heavy atom. The number of rotatable bonds is 2. The molecular weight excluding hydrogens is 208 g/mol. The van der Waals surface area contributed by atoms with E-state index in [2.05, 4.69) is 0 Å². The highest BCUT2D eigenvalue weighted by molar-refractivity contribution is 7.80. The lowest BCUT2D eigenvalue weighted by Crippen LogP contribution is -2.47. The molecule has 2 unspecified atom stereocenters. The Morgan fingerprint density at radius 3 is 2.80 bits per heavy atom. The summed E-state index contributed by atoms with van der Waals surface area (Å²) < 4.78 is 0. The number of amides is 1. The van der Waals surface area contributed by atoms with Gasteiger partial charge in [0.2, 0.25) is 5.91 Å². The third kappa shape index (κ3) is 2.30. The average Bonchev–Trinajstić information content (AvgIpc) is 2.63. The monoisotopic (exact) mass is 226 g/mol. The van der Waals surface area contributed by atoms with Crippen molar-refractivity contribution in [3.8, 4) is 0 Å². The first-order valence-electron chi connectivity index (χ1n) is 5.76. The van der Waals surface area contributed by atoms with Crippen molar-refractivity contribution in [3.05, 3.63) is 0 Å². The molecule has 0 bridgehead atoms. The fourth-order valence-electron chi connectivity index (χ4n) is 3.01. The van der Waals surface area contributed by atoms with Gasteiger partial charge in [0.15, 0.2) is 0 Å². The number of fused-ring (bicyclic) bond motifs is 1. The van der Waals surface area contributed by atoms with Crippen molar-refractivity contribution in [1.29, 1.82) is 0 Å². The van der Waals surface area contributed by atoms with Crippen LogP contribution in [0.2, 0.25) is 0 Å². The van der Waals surface area contributed by atoms with Gasteiger partial charge in [-0.25, -0.2) is 0 Å². The van der Waals surface area contributed by atoms with E-state index in [1.807, 2.05) is 4.90 Å². The minimum absolute atomic E-state index is 0.138. The summed E-state index contributed by atoms with van der Waals surface area (Å²) >= 11 is 4.79. The fourth-order valence-corrected chi connectivity index (χ4v) is 3.14. The molecule has 2 N–H and O–H groups in total. The predicted octanol–water partition coefficient (Wildman–Crippen LogP) is 1.45. The van der Waals surface area contributed by atoms with Crippen LogP contribution in [0.4, 0.5) is 0 Å². The van der Waals surface area contributed by atoms with Crippen LogP contribution in [-0.2, 0) is 4.79 Å². The van der Waals surface area contributed by atoms with Crippen molar-refractivity contribution in [1.82, 2.24) is 4.90 Å². The Kier molecular flexibility index (Phi) is 3.24. The Labute approximate surface area is 96.0 Å². The Morgan fingerprint density at radius 1 is 1.33 bits per heavy atom. The SMILES string of the molecule is NC(=S)CC(=O)N1CCCC2CCCC21. The Balaban J connectivity index is 2.00. The van der Waals surface area contributed by atoms with Gasteiger partial charge in [0.25, 0.3) is 0 Å².